The first-order valence-corrected chi connectivity index (χ1v) is 7.22. The van der Waals surface area contributed by atoms with Crippen molar-refractivity contribution in [2.24, 2.45) is 0 Å². The summed E-state index contributed by atoms with van der Waals surface area (Å²) >= 11 is 6.03. The monoisotopic (exact) mass is 355 g/mol. The molecule has 1 atom stereocenters. The van der Waals surface area contributed by atoms with Gasteiger partial charge in [-0.25, -0.2) is 4.98 Å². The Morgan fingerprint density at radius 1 is 1.25 bits per heavy atom. The van der Waals surface area contributed by atoms with Crippen molar-refractivity contribution >= 4 is 17.4 Å². The second-order valence-corrected chi connectivity index (χ2v) is 5.72. The average molecular weight is 356 g/mol. The Labute approximate surface area is 141 Å². The van der Waals surface area contributed by atoms with Crippen LogP contribution < -0.4 is 5.32 Å². The number of halogens is 4. The number of aliphatic hydroxyl groups is 1. The van der Waals surface area contributed by atoms with Crippen LogP contribution in [0.3, 0.4) is 0 Å². The first kappa shape index (κ1) is 18.0. The van der Waals surface area contributed by atoms with Gasteiger partial charge in [0.1, 0.15) is 23.2 Å². The maximum atomic E-state index is 12.8. The number of anilines is 1. The van der Waals surface area contributed by atoms with E-state index in [1.165, 1.54) is 6.92 Å². The zero-order valence-corrected chi connectivity index (χ0v) is 13.3. The summed E-state index contributed by atoms with van der Waals surface area (Å²) in [6.45, 7) is 1.28. The molecule has 0 bridgehead atoms. The molecular formula is C16H13ClF3N3O. The van der Waals surface area contributed by atoms with E-state index in [-0.39, 0.29) is 17.9 Å². The van der Waals surface area contributed by atoms with Crippen LogP contribution in [-0.4, -0.2) is 16.6 Å². The third kappa shape index (κ3) is 3.96. The molecule has 0 aliphatic rings. The number of nitrogens with zero attached hydrogens (tertiary/aromatic N) is 2. The molecule has 8 heteroatoms. The highest BCUT2D eigenvalue weighted by molar-refractivity contribution is 6.31. The molecule has 0 spiro atoms. The Morgan fingerprint density at radius 2 is 1.92 bits per heavy atom. The van der Waals surface area contributed by atoms with Gasteiger partial charge in [-0.3, -0.25) is 0 Å². The molecule has 1 unspecified atom stereocenters. The minimum atomic E-state index is -4.63. The van der Waals surface area contributed by atoms with Crippen LogP contribution in [-0.2, 0) is 11.8 Å². The minimum Gasteiger partial charge on any atom is -0.384 e. The van der Waals surface area contributed by atoms with Crippen molar-refractivity contribution < 1.29 is 18.3 Å². The Kier molecular flexibility index (Phi) is 5.02. The third-order valence-electron chi connectivity index (χ3n) is 3.36. The molecule has 0 aliphatic heterocycles. The van der Waals surface area contributed by atoms with E-state index >= 15 is 0 Å². The molecule has 0 amide bonds. The lowest BCUT2D eigenvalue weighted by Crippen LogP contribution is -2.31. The van der Waals surface area contributed by atoms with Gasteiger partial charge >= 0.3 is 6.18 Å². The lowest BCUT2D eigenvalue weighted by atomic mass is 9.96. The quantitative estimate of drug-likeness (QED) is 0.871. The molecule has 1 aromatic carbocycles. The molecule has 1 heterocycles. The zero-order valence-electron chi connectivity index (χ0n) is 12.5. The highest BCUT2D eigenvalue weighted by Crippen LogP contribution is 2.31. The summed E-state index contributed by atoms with van der Waals surface area (Å²) in [6, 6.07) is 10.1. The molecule has 2 aromatic rings. The van der Waals surface area contributed by atoms with Crippen LogP contribution in [0.2, 0.25) is 5.02 Å². The van der Waals surface area contributed by atoms with Gasteiger partial charge in [0.15, 0.2) is 0 Å². The number of hydrogen-bond acceptors (Lipinski definition) is 4. The fraction of sp³-hybridized carbons (Fsp3) is 0.250. The van der Waals surface area contributed by atoms with Crippen LogP contribution in [0.25, 0.3) is 0 Å². The minimum absolute atomic E-state index is 0.0574. The second kappa shape index (κ2) is 6.67. The SMILES string of the molecule is CC(O)(CNc1nc(C(F)(F)F)ccc1C#N)c1ccccc1Cl. The first-order valence-electron chi connectivity index (χ1n) is 6.85. The second-order valence-electron chi connectivity index (χ2n) is 5.31. The number of nitrogens with one attached hydrogen (secondary N) is 1. The van der Waals surface area contributed by atoms with Gasteiger partial charge in [0, 0.05) is 17.1 Å². The predicted molar refractivity (Wildman–Crippen MR) is 83.5 cm³/mol. The van der Waals surface area contributed by atoms with Gasteiger partial charge in [-0.1, -0.05) is 29.8 Å². The van der Waals surface area contributed by atoms with E-state index in [1.54, 1.807) is 30.3 Å². The summed E-state index contributed by atoms with van der Waals surface area (Å²) in [5.41, 5.74) is -2.25. The molecule has 2 N–H and O–H groups in total. The van der Waals surface area contributed by atoms with Crippen LogP contribution in [0.5, 0.6) is 0 Å². The van der Waals surface area contributed by atoms with Crippen molar-refractivity contribution in [2.75, 3.05) is 11.9 Å². The Bertz CT molecular complexity index is 785. The molecule has 24 heavy (non-hydrogen) atoms. The van der Waals surface area contributed by atoms with E-state index in [0.29, 0.717) is 10.6 Å². The highest BCUT2D eigenvalue weighted by Gasteiger charge is 2.33. The molecule has 0 radical (unpaired) electrons. The van der Waals surface area contributed by atoms with E-state index in [2.05, 4.69) is 10.3 Å². The van der Waals surface area contributed by atoms with Gasteiger partial charge in [-0.2, -0.15) is 18.4 Å². The maximum absolute atomic E-state index is 12.8. The lowest BCUT2D eigenvalue weighted by molar-refractivity contribution is -0.141. The van der Waals surface area contributed by atoms with Gasteiger partial charge in [0.25, 0.3) is 0 Å². The first-order chi connectivity index (χ1) is 11.1. The van der Waals surface area contributed by atoms with Crippen LogP contribution in [0.1, 0.15) is 23.7 Å². The molecule has 1 aromatic heterocycles. The largest absolute Gasteiger partial charge is 0.433 e. The van der Waals surface area contributed by atoms with Gasteiger partial charge in [0.2, 0.25) is 0 Å². The van der Waals surface area contributed by atoms with Crippen molar-refractivity contribution in [3.05, 3.63) is 58.2 Å². The molecule has 2 rings (SSSR count). The summed E-state index contributed by atoms with van der Waals surface area (Å²) < 4.78 is 38.3. The fourth-order valence-corrected chi connectivity index (χ4v) is 2.43. The summed E-state index contributed by atoms with van der Waals surface area (Å²) in [6.07, 6.45) is -4.63. The number of aromatic nitrogens is 1. The van der Waals surface area contributed by atoms with Crippen molar-refractivity contribution in [3.63, 3.8) is 0 Å². The van der Waals surface area contributed by atoms with E-state index in [1.807, 2.05) is 0 Å². The molecule has 0 saturated heterocycles. The van der Waals surface area contributed by atoms with Crippen molar-refractivity contribution in [2.45, 2.75) is 18.7 Å². The smallest absolute Gasteiger partial charge is 0.384 e. The van der Waals surface area contributed by atoms with E-state index in [9.17, 15) is 18.3 Å². The number of rotatable bonds is 4. The van der Waals surface area contributed by atoms with Gasteiger partial charge < -0.3 is 10.4 Å². The third-order valence-corrected chi connectivity index (χ3v) is 3.69. The maximum Gasteiger partial charge on any atom is 0.433 e. The summed E-state index contributed by atoms with van der Waals surface area (Å²) in [7, 11) is 0. The van der Waals surface area contributed by atoms with Crippen LogP contribution in [0.4, 0.5) is 19.0 Å². The van der Waals surface area contributed by atoms with Crippen LogP contribution in [0, 0.1) is 11.3 Å². The Balaban J connectivity index is 2.28. The average Bonchev–Trinajstić information content (AvgIpc) is 2.52. The molecule has 126 valence electrons. The molecule has 0 aliphatic carbocycles. The lowest BCUT2D eigenvalue weighted by Gasteiger charge is -2.26. The van der Waals surface area contributed by atoms with Crippen molar-refractivity contribution in [1.29, 1.82) is 5.26 Å². The number of pyridine rings is 1. The molecule has 4 nitrogen and oxygen atoms in total. The summed E-state index contributed by atoms with van der Waals surface area (Å²) in [4.78, 5) is 3.43. The normalized spacial score (nSPS) is 13.9. The highest BCUT2D eigenvalue weighted by atomic mass is 35.5. The molecular weight excluding hydrogens is 343 g/mol. The van der Waals surface area contributed by atoms with E-state index in [4.69, 9.17) is 16.9 Å². The Hall–Kier alpha value is -2.30. The Morgan fingerprint density at radius 3 is 2.50 bits per heavy atom. The molecule has 0 saturated carbocycles. The predicted octanol–water partition coefficient (Wildman–Crippen LogP) is 3.95. The van der Waals surface area contributed by atoms with Crippen molar-refractivity contribution in [3.8, 4) is 6.07 Å². The van der Waals surface area contributed by atoms with E-state index in [0.717, 1.165) is 12.1 Å². The van der Waals surface area contributed by atoms with Crippen LogP contribution >= 0.6 is 11.6 Å². The fourth-order valence-electron chi connectivity index (χ4n) is 2.09. The number of alkyl halides is 3. The number of benzene rings is 1. The van der Waals surface area contributed by atoms with Crippen LogP contribution in [0.15, 0.2) is 36.4 Å². The molecule has 0 fully saturated rings. The van der Waals surface area contributed by atoms with Crippen molar-refractivity contribution in [1.82, 2.24) is 4.98 Å². The summed E-state index contributed by atoms with van der Waals surface area (Å²) in [5.74, 6) is -0.250. The topological polar surface area (TPSA) is 68.9 Å². The van der Waals surface area contributed by atoms with Gasteiger partial charge in [-0.15, -0.1) is 0 Å². The van der Waals surface area contributed by atoms with E-state index < -0.39 is 17.5 Å². The standard InChI is InChI=1S/C16H13ClF3N3O/c1-15(24,11-4-2-3-5-12(11)17)9-22-14-10(8-21)6-7-13(23-14)16(18,19)20/h2-7,24H,9H2,1H3,(H,22,23). The number of hydrogen-bond donors (Lipinski definition) is 2. The van der Waals surface area contributed by atoms with Gasteiger partial charge in [-0.05, 0) is 25.1 Å². The summed E-state index contributed by atoms with van der Waals surface area (Å²) in [5, 5.41) is 22.5. The number of nitriles is 1. The zero-order chi connectivity index (χ0) is 18.0. The van der Waals surface area contributed by atoms with Gasteiger partial charge in [0.05, 0.1) is 5.56 Å².